The van der Waals surface area contributed by atoms with Crippen molar-refractivity contribution in [2.24, 2.45) is 5.92 Å². The fourth-order valence-corrected chi connectivity index (χ4v) is 4.23. The highest BCUT2D eigenvalue weighted by Crippen LogP contribution is 2.43. The first kappa shape index (κ1) is 19.5. The molecule has 1 amide bonds. The molecular formula is C21H29NO5. The largest absolute Gasteiger partial charge is 0.507 e. The van der Waals surface area contributed by atoms with Crippen molar-refractivity contribution >= 4 is 11.9 Å². The van der Waals surface area contributed by atoms with Gasteiger partial charge < -0.3 is 20.3 Å². The highest BCUT2D eigenvalue weighted by Gasteiger charge is 2.42. The molecule has 1 unspecified atom stereocenters. The molecule has 6 heteroatoms. The molecule has 148 valence electrons. The lowest BCUT2D eigenvalue weighted by molar-refractivity contribution is -0.143. The monoisotopic (exact) mass is 375 g/mol. The van der Waals surface area contributed by atoms with Gasteiger partial charge >= 0.3 is 5.97 Å². The second-order valence-electron chi connectivity index (χ2n) is 8.22. The summed E-state index contributed by atoms with van der Waals surface area (Å²) in [5, 5.41) is 22.5. The Labute approximate surface area is 159 Å². The Morgan fingerprint density at radius 1 is 1.07 bits per heavy atom. The maximum absolute atomic E-state index is 13.0. The molecule has 1 fully saturated rings. The summed E-state index contributed by atoms with van der Waals surface area (Å²) in [6.07, 6.45) is 3.76. The van der Waals surface area contributed by atoms with Gasteiger partial charge in [-0.15, -0.1) is 0 Å². The average Bonchev–Trinajstić information content (AvgIpc) is 2.65. The van der Waals surface area contributed by atoms with Crippen molar-refractivity contribution in [3.63, 3.8) is 0 Å². The summed E-state index contributed by atoms with van der Waals surface area (Å²) >= 11 is 0. The zero-order valence-corrected chi connectivity index (χ0v) is 16.5. The third kappa shape index (κ3) is 3.49. The second-order valence-corrected chi connectivity index (χ2v) is 8.22. The van der Waals surface area contributed by atoms with E-state index in [1.54, 1.807) is 0 Å². The predicted octanol–water partition coefficient (Wildman–Crippen LogP) is 3.16. The van der Waals surface area contributed by atoms with Crippen molar-refractivity contribution < 1.29 is 24.5 Å². The van der Waals surface area contributed by atoms with Gasteiger partial charge in [-0.3, -0.25) is 9.59 Å². The predicted molar refractivity (Wildman–Crippen MR) is 101 cm³/mol. The van der Waals surface area contributed by atoms with Crippen molar-refractivity contribution in [2.45, 2.75) is 77.9 Å². The number of benzene rings is 1. The van der Waals surface area contributed by atoms with Gasteiger partial charge in [-0.25, -0.2) is 0 Å². The van der Waals surface area contributed by atoms with Crippen LogP contribution < -0.4 is 10.1 Å². The number of phenolic OH excluding ortho intramolecular Hbond substituents is 1. The van der Waals surface area contributed by atoms with E-state index in [9.17, 15) is 14.7 Å². The molecule has 1 atom stereocenters. The summed E-state index contributed by atoms with van der Waals surface area (Å²) in [5.74, 6) is -0.176. The minimum absolute atomic E-state index is 0.000640. The van der Waals surface area contributed by atoms with Crippen LogP contribution in [0, 0.1) is 26.7 Å². The van der Waals surface area contributed by atoms with E-state index in [0.717, 1.165) is 22.3 Å². The first-order chi connectivity index (χ1) is 12.6. The summed E-state index contributed by atoms with van der Waals surface area (Å²) < 4.78 is 6.21. The highest BCUT2D eigenvalue weighted by atomic mass is 16.5. The molecule has 0 bridgehead atoms. The van der Waals surface area contributed by atoms with Crippen molar-refractivity contribution in [3.05, 3.63) is 22.3 Å². The Morgan fingerprint density at radius 3 is 2.30 bits per heavy atom. The van der Waals surface area contributed by atoms with Crippen molar-refractivity contribution in [2.75, 3.05) is 0 Å². The Bertz CT molecular complexity index is 780. The second kappa shape index (κ2) is 7.06. The number of phenols is 1. The Balaban J connectivity index is 1.73. The molecule has 1 aromatic carbocycles. The number of carbonyl (C=O) groups excluding carboxylic acids is 1. The molecule has 3 rings (SSSR count). The molecule has 1 aromatic rings. The quantitative estimate of drug-likeness (QED) is 0.754. The molecule has 1 aliphatic carbocycles. The fraction of sp³-hybridized carbons (Fsp3) is 0.619. The highest BCUT2D eigenvalue weighted by molar-refractivity contribution is 5.86. The number of fused-ring (bicyclic) bond motifs is 1. The van der Waals surface area contributed by atoms with Gasteiger partial charge in [-0.05, 0) is 76.5 Å². The first-order valence-corrected chi connectivity index (χ1v) is 9.68. The van der Waals surface area contributed by atoms with Gasteiger partial charge in [0.25, 0.3) is 5.91 Å². The van der Waals surface area contributed by atoms with E-state index >= 15 is 0 Å². The third-order valence-corrected chi connectivity index (χ3v) is 6.41. The van der Waals surface area contributed by atoms with Gasteiger partial charge in [-0.2, -0.15) is 0 Å². The van der Waals surface area contributed by atoms with E-state index in [1.807, 2.05) is 27.7 Å². The molecule has 0 radical (unpaired) electrons. The average molecular weight is 375 g/mol. The molecule has 0 saturated heterocycles. The Morgan fingerprint density at radius 2 is 1.70 bits per heavy atom. The zero-order chi connectivity index (χ0) is 19.9. The number of hydrogen-bond donors (Lipinski definition) is 3. The molecule has 6 nitrogen and oxygen atoms in total. The van der Waals surface area contributed by atoms with Gasteiger partial charge in [-0.1, -0.05) is 0 Å². The summed E-state index contributed by atoms with van der Waals surface area (Å²) in [4.78, 5) is 24.0. The molecule has 0 aromatic heterocycles. The zero-order valence-electron chi connectivity index (χ0n) is 16.5. The summed E-state index contributed by atoms with van der Waals surface area (Å²) in [5.41, 5.74) is 2.49. The molecule has 2 aliphatic rings. The number of carbonyl (C=O) groups is 2. The van der Waals surface area contributed by atoms with Gasteiger partial charge in [0.2, 0.25) is 0 Å². The van der Waals surface area contributed by atoms with Crippen LogP contribution in [-0.2, 0) is 16.0 Å². The maximum Gasteiger partial charge on any atom is 0.306 e. The van der Waals surface area contributed by atoms with Gasteiger partial charge in [0.05, 0.1) is 5.92 Å². The van der Waals surface area contributed by atoms with Crippen LogP contribution in [0.3, 0.4) is 0 Å². The van der Waals surface area contributed by atoms with Crippen molar-refractivity contribution in [3.8, 4) is 11.5 Å². The Hall–Kier alpha value is -2.24. The SMILES string of the molecule is Cc1c(C)c2c(c(C)c1O)CCC(C)(C(=O)NC1CCC(C(=O)O)CC1)O2. The van der Waals surface area contributed by atoms with Gasteiger partial charge in [0, 0.05) is 18.0 Å². The molecular weight excluding hydrogens is 346 g/mol. The Kier molecular flexibility index (Phi) is 5.10. The number of amides is 1. The van der Waals surface area contributed by atoms with E-state index in [-0.39, 0.29) is 17.9 Å². The maximum atomic E-state index is 13.0. The van der Waals surface area contributed by atoms with Crippen molar-refractivity contribution in [1.29, 1.82) is 0 Å². The van der Waals surface area contributed by atoms with Crippen LogP contribution in [0.1, 0.15) is 61.3 Å². The number of nitrogens with one attached hydrogen (secondary N) is 1. The van der Waals surface area contributed by atoms with Crippen LogP contribution in [-0.4, -0.2) is 33.7 Å². The molecule has 0 spiro atoms. The minimum atomic E-state index is -0.961. The number of carboxylic acids is 1. The first-order valence-electron chi connectivity index (χ1n) is 9.68. The number of hydrogen-bond acceptors (Lipinski definition) is 4. The lowest BCUT2D eigenvalue weighted by Crippen LogP contribution is -2.54. The number of aromatic hydroxyl groups is 1. The lowest BCUT2D eigenvalue weighted by atomic mass is 9.84. The van der Waals surface area contributed by atoms with Crippen LogP contribution in [0.2, 0.25) is 0 Å². The minimum Gasteiger partial charge on any atom is -0.507 e. The van der Waals surface area contributed by atoms with Gasteiger partial charge in [0.15, 0.2) is 5.60 Å². The number of rotatable bonds is 3. The molecule has 1 heterocycles. The van der Waals surface area contributed by atoms with Crippen LogP contribution in [0.4, 0.5) is 0 Å². The van der Waals surface area contributed by atoms with Crippen LogP contribution in [0.15, 0.2) is 0 Å². The standard InChI is InChI=1S/C21H29NO5/c1-11-12(2)18-16(13(3)17(11)23)9-10-21(4,27-18)20(26)22-15-7-5-14(6-8-15)19(24)25/h14-15,23H,5-10H2,1-4H3,(H,22,26)(H,24,25). The fourth-order valence-electron chi connectivity index (χ4n) is 4.23. The summed E-state index contributed by atoms with van der Waals surface area (Å²) in [7, 11) is 0. The van der Waals surface area contributed by atoms with E-state index in [1.165, 1.54) is 0 Å². The summed E-state index contributed by atoms with van der Waals surface area (Å²) in [6.45, 7) is 7.46. The van der Waals surface area contributed by atoms with Gasteiger partial charge in [0.1, 0.15) is 11.5 Å². The van der Waals surface area contributed by atoms with Crippen molar-refractivity contribution in [1.82, 2.24) is 5.32 Å². The van der Waals surface area contributed by atoms with E-state index < -0.39 is 11.6 Å². The molecule has 3 N–H and O–H groups in total. The molecule has 1 aliphatic heterocycles. The van der Waals surface area contributed by atoms with E-state index in [0.29, 0.717) is 50.0 Å². The molecule has 27 heavy (non-hydrogen) atoms. The number of ether oxygens (including phenoxy) is 1. The topological polar surface area (TPSA) is 95.9 Å². The number of aliphatic carboxylic acids is 1. The smallest absolute Gasteiger partial charge is 0.306 e. The summed E-state index contributed by atoms with van der Waals surface area (Å²) in [6, 6.07) is -0.000640. The van der Waals surface area contributed by atoms with E-state index in [4.69, 9.17) is 9.84 Å². The van der Waals surface area contributed by atoms with Crippen LogP contribution in [0.25, 0.3) is 0 Å². The van der Waals surface area contributed by atoms with E-state index in [2.05, 4.69) is 5.32 Å². The van der Waals surface area contributed by atoms with Crippen LogP contribution in [0.5, 0.6) is 11.5 Å². The normalized spacial score (nSPS) is 27.4. The number of carboxylic acid groups (broad SMARTS) is 1. The van der Waals surface area contributed by atoms with Crippen LogP contribution >= 0.6 is 0 Å². The molecule has 1 saturated carbocycles. The third-order valence-electron chi connectivity index (χ3n) is 6.41. The lowest BCUT2D eigenvalue weighted by Gasteiger charge is -2.38.